The number of nitrogens with zero attached hydrogens (tertiary/aromatic N) is 3. The highest BCUT2D eigenvalue weighted by Gasteiger charge is 2.19. The van der Waals surface area contributed by atoms with Gasteiger partial charge in [-0.15, -0.1) is 11.3 Å². The van der Waals surface area contributed by atoms with Crippen LogP contribution in [0.2, 0.25) is 0 Å². The van der Waals surface area contributed by atoms with Crippen molar-refractivity contribution in [3.05, 3.63) is 70.2 Å². The molecule has 28 heavy (non-hydrogen) atoms. The van der Waals surface area contributed by atoms with E-state index in [9.17, 15) is 5.11 Å². The van der Waals surface area contributed by atoms with Crippen molar-refractivity contribution in [2.75, 3.05) is 31.1 Å². The molecule has 2 heterocycles. The van der Waals surface area contributed by atoms with Gasteiger partial charge in [-0.25, -0.2) is 4.98 Å². The number of anilines is 1. The normalized spacial score (nSPS) is 15.0. The van der Waals surface area contributed by atoms with Gasteiger partial charge in [0.15, 0.2) is 0 Å². The molecule has 0 spiro atoms. The van der Waals surface area contributed by atoms with E-state index in [4.69, 9.17) is 9.72 Å². The zero-order valence-corrected chi connectivity index (χ0v) is 16.9. The Balaban J connectivity index is 1.26. The quantitative estimate of drug-likeness (QED) is 0.682. The van der Waals surface area contributed by atoms with Crippen molar-refractivity contribution in [3.63, 3.8) is 0 Å². The first-order valence-corrected chi connectivity index (χ1v) is 10.4. The lowest BCUT2D eigenvalue weighted by molar-refractivity contribution is 0.246. The summed E-state index contributed by atoms with van der Waals surface area (Å²) in [7, 11) is 0. The highest BCUT2D eigenvalue weighted by molar-refractivity contribution is 7.09. The first-order valence-electron chi connectivity index (χ1n) is 9.55. The monoisotopic (exact) mass is 395 g/mol. The number of ether oxygens (including phenoxy) is 1. The van der Waals surface area contributed by atoms with Gasteiger partial charge in [-0.3, -0.25) is 4.90 Å². The second-order valence-corrected chi connectivity index (χ2v) is 8.03. The van der Waals surface area contributed by atoms with E-state index in [1.165, 1.54) is 5.56 Å². The third-order valence-corrected chi connectivity index (χ3v) is 5.83. The molecule has 2 aromatic carbocycles. The molecule has 0 aliphatic carbocycles. The highest BCUT2D eigenvalue weighted by atomic mass is 32.1. The van der Waals surface area contributed by atoms with Crippen LogP contribution in [-0.4, -0.2) is 41.2 Å². The summed E-state index contributed by atoms with van der Waals surface area (Å²) in [5.41, 5.74) is 3.25. The predicted molar refractivity (Wildman–Crippen MR) is 113 cm³/mol. The second kappa shape index (κ2) is 8.63. The summed E-state index contributed by atoms with van der Waals surface area (Å²) in [5, 5.41) is 13.2. The number of piperazine rings is 1. The van der Waals surface area contributed by atoms with Gasteiger partial charge in [0.25, 0.3) is 0 Å². The molecule has 1 aromatic heterocycles. The fourth-order valence-corrected chi connectivity index (χ4v) is 4.07. The summed E-state index contributed by atoms with van der Waals surface area (Å²) in [4.78, 5) is 9.38. The van der Waals surface area contributed by atoms with Crippen LogP contribution in [0.5, 0.6) is 11.5 Å². The number of benzene rings is 2. The van der Waals surface area contributed by atoms with Crippen LogP contribution in [-0.2, 0) is 13.2 Å². The standard InChI is InChI=1S/C22H25N3O2S/c1-17-6-8-19(9-7-17)27-15-22-23-18(16-28-22)14-24-10-12-25(13-11-24)20-4-2-3-5-21(20)26/h2-9,16,26H,10-15H2,1H3. The number of rotatable bonds is 6. The lowest BCUT2D eigenvalue weighted by atomic mass is 10.2. The van der Waals surface area contributed by atoms with E-state index >= 15 is 0 Å². The van der Waals surface area contributed by atoms with Crippen LogP contribution in [0.25, 0.3) is 0 Å². The minimum atomic E-state index is 0.355. The predicted octanol–water partition coefficient (Wildman–Crippen LogP) is 4.06. The third-order valence-electron chi connectivity index (χ3n) is 4.96. The number of hydrogen-bond donors (Lipinski definition) is 1. The van der Waals surface area contributed by atoms with Crippen LogP contribution in [0.4, 0.5) is 5.69 Å². The number of aromatic nitrogens is 1. The van der Waals surface area contributed by atoms with E-state index < -0.39 is 0 Å². The highest BCUT2D eigenvalue weighted by Crippen LogP contribution is 2.27. The molecular weight excluding hydrogens is 370 g/mol. The summed E-state index contributed by atoms with van der Waals surface area (Å²) in [6, 6.07) is 15.6. The molecule has 0 saturated carbocycles. The second-order valence-electron chi connectivity index (χ2n) is 7.09. The maximum absolute atomic E-state index is 10.0. The molecule has 5 nitrogen and oxygen atoms in total. The molecular formula is C22H25N3O2S. The molecule has 1 saturated heterocycles. The van der Waals surface area contributed by atoms with Gasteiger partial charge >= 0.3 is 0 Å². The average molecular weight is 396 g/mol. The topological polar surface area (TPSA) is 48.8 Å². The minimum absolute atomic E-state index is 0.355. The van der Waals surface area contributed by atoms with Crippen molar-refractivity contribution < 1.29 is 9.84 Å². The summed E-state index contributed by atoms with van der Waals surface area (Å²) >= 11 is 1.65. The first-order chi connectivity index (χ1) is 13.7. The van der Waals surface area contributed by atoms with Gasteiger partial charge in [0.05, 0.1) is 11.4 Å². The number of phenolic OH excluding ortho intramolecular Hbond substituents is 1. The Labute approximate surface area is 169 Å². The molecule has 0 amide bonds. The SMILES string of the molecule is Cc1ccc(OCc2nc(CN3CCN(c4ccccc4O)CC3)cs2)cc1. The van der Waals surface area contributed by atoms with Crippen molar-refractivity contribution in [2.45, 2.75) is 20.1 Å². The fourth-order valence-electron chi connectivity index (χ4n) is 3.37. The summed E-state index contributed by atoms with van der Waals surface area (Å²) in [6.07, 6.45) is 0. The maximum atomic E-state index is 10.0. The Morgan fingerprint density at radius 3 is 2.54 bits per heavy atom. The van der Waals surface area contributed by atoms with Gasteiger partial charge < -0.3 is 14.7 Å². The third kappa shape index (κ3) is 4.64. The van der Waals surface area contributed by atoms with Crippen molar-refractivity contribution >= 4 is 17.0 Å². The van der Waals surface area contributed by atoms with E-state index in [-0.39, 0.29) is 0 Å². The largest absolute Gasteiger partial charge is 0.506 e. The molecule has 0 unspecified atom stereocenters. The molecule has 0 atom stereocenters. The molecule has 146 valence electrons. The Hall–Kier alpha value is -2.57. The maximum Gasteiger partial charge on any atom is 0.140 e. The average Bonchev–Trinajstić information content (AvgIpc) is 3.16. The van der Waals surface area contributed by atoms with Crippen molar-refractivity contribution in [1.29, 1.82) is 0 Å². The van der Waals surface area contributed by atoms with Gasteiger partial charge in [0.1, 0.15) is 23.1 Å². The summed E-state index contributed by atoms with van der Waals surface area (Å²) in [5.74, 6) is 1.23. The Morgan fingerprint density at radius 2 is 1.79 bits per heavy atom. The van der Waals surface area contributed by atoms with Gasteiger partial charge in [-0.05, 0) is 31.2 Å². The van der Waals surface area contributed by atoms with Crippen LogP contribution < -0.4 is 9.64 Å². The van der Waals surface area contributed by atoms with E-state index in [0.29, 0.717) is 12.4 Å². The smallest absolute Gasteiger partial charge is 0.140 e. The van der Waals surface area contributed by atoms with Crippen LogP contribution >= 0.6 is 11.3 Å². The van der Waals surface area contributed by atoms with E-state index in [2.05, 4.69) is 34.2 Å². The molecule has 0 bridgehead atoms. The van der Waals surface area contributed by atoms with Crippen molar-refractivity contribution in [1.82, 2.24) is 9.88 Å². The van der Waals surface area contributed by atoms with Crippen LogP contribution in [0.15, 0.2) is 53.9 Å². The van der Waals surface area contributed by atoms with E-state index in [1.54, 1.807) is 17.4 Å². The number of aryl methyl sites for hydroxylation is 1. The zero-order chi connectivity index (χ0) is 19.3. The van der Waals surface area contributed by atoms with Gasteiger partial charge in [-0.2, -0.15) is 0 Å². The van der Waals surface area contributed by atoms with E-state index in [0.717, 1.165) is 54.9 Å². The molecule has 1 N–H and O–H groups in total. The van der Waals surface area contributed by atoms with Gasteiger partial charge in [-0.1, -0.05) is 29.8 Å². The molecule has 1 aliphatic heterocycles. The molecule has 6 heteroatoms. The van der Waals surface area contributed by atoms with Gasteiger partial charge in [0.2, 0.25) is 0 Å². The fraction of sp³-hybridized carbons (Fsp3) is 0.318. The number of thiazole rings is 1. The van der Waals surface area contributed by atoms with E-state index in [1.807, 2.05) is 30.3 Å². The molecule has 3 aromatic rings. The van der Waals surface area contributed by atoms with Crippen LogP contribution in [0.1, 0.15) is 16.3 Å². The van der Waals surface area contributed by atoms with Crippen LogP contribution in [0, 0.1) is 6.92 Å². The number of hydrogen-bond acceptors (Lipinski definition) is 6. The number of para-hydroxylation sites is 2. The Bertz CT molecular complexity index is 902. The van der Waals surface area contributed by atoms with Crippen molar-refractivity contribution in [2.24, 2.45) is 0 Å². The summed E-state index contributed by atoms with van der Waals surface area (Å²) < 4.78 is 5.83. The molecule has 1 aliphatic rings. The summed E-state index contributed by atoms with van der Waals surface area (Å²) in [6.45, 7) is 7.17. The minimum Gasteiger partial charge on any atom is -0.506 e. The first kappa shape index (κ1) is 18.8. The van der Waals surface area contributed by atoms with Crippen molar-refractivity contribution in [3.8, 4) is 11.5 Å². The van der Waals surface area contributed by atoms with Gasteiger partial charge in [0, 0.05) is 38.1 Å². The number of aromatic hydroxyl groups is 1. The zero-order valence-electron chi connectivity index (χ0n) is 16.0. The van der Waals surface area contributed by atoms with Crippen LogP contribution in [0.3, 0.4) is 0 Å². The lowest BCUT2D eigenvalue weighted by Crippen LogP contribution is -2.46. The Morgan fingerprint density at radius 1 is 1.04 bits per heavy atom. The Kier molecular flexibility index (Phi) is 5.78. The number of phenols is 1. The molecule has 1 fully saturated rings. The lowest BCUT2D eigenvalue weighted by Gasteiger charge is -2.36. The molecule has 0 radical (unpaired) electrons. The molecule has 4 rings (SSSR count).